The van der Waals surface area contributed by atoms with Gasteiger partial charge in [-0.05, 0) is 131 Å². The van der Waals surface area contributed by atoms with E-state index in [4.69, 9.17) is 18.9 Å². The van der Waals surface area contributed by atoms with Crippen LogP contribution < -0.4 is 21.3 Å². The quantitative estimate of drug-likeness (QED) is 0.0829. The number of ether oxygens (including phenoxy) is 4. The molecule has 7 aromatic carbocycles. The van der Waals surface area contributed by atoms with E-state index in [0.717, 1.165) is 82.4 Å². The number of alkyl carbamates (subject to hydrolysis) is 4. The van der Waals surface area contributed by atoms with Crippen LogP contribution in [0.4, 0.5) is 19.2 Å². The summed E-state index contributed by atoms with van der Waals surface area (Å²) in [5, 5.41) is 11.5. The first-order chi connectivity index (χ1) is 47.6. The predicted octanol–water partition coefficient (Wildman–Crippen LogP) is 15.4. The van der Waals surface area contributed by atoms with E-state index in [0.29, 0.717) is 0 Å². The maximum absolute atomic E-state index is 11.8. The summed E-state index contributed by atoms with van der Waals surface area (Å²) in [5.41, 5.74) is 12.8. The van der Waals surface area contributed by atoms with Gasteiger partial charge < -0.3 is 40.2 Å². The highest BCUT2D eigenvalue weighted by Crippen LogP contribution is 2.40. The average Bonchev–Trinajstić information content (AvgIpc) is 1.93. The molecule has 4 amide bonds. The third kappa shape index (κ3) is 17.4. The van der Waals surface area contributed by atoms with Crippen LogP contribution in [0.25, 0.3) is 0 Å². The number of pyridine rings is 4. The van der Waals surface area contributed by atoms with Crippen molar-refractivity contribution in [2.45, 2.75) is 48.6 Å². The monoisotopic (exact) mass is 1340 g/mol. The van der Waals surface area contributed by atoms with Gasteiger partial charge in [0.25, 0.3) is 0 Å². The smallest absolute Gasteiger partial charge is 0.408 e. The van der Waals surface area contributed by atoms with Crippen molar-refractivity contribution in [1.82, 2.24) is 41.2 Å². The zero-order valence-corrected chi connectivity index (χ0v) is 53.3. The molecule has 0 radical (unpaired) electrons. The lowest BCUT2D eigenvalue weighted by atomic mass is 9.96. The van der Waals surface area contributed by atoms with Crippen LogP contribution in [0.15, 0.2) is 291 Å². The third-order valence-corrected chi connectivity index (χ3v) is 16.1. The molecule has 4 N–H and O–H groups in total. The number of benzene rings is 7. The molecule has 17 heteroatoms. The number of nitrogens with one attached hydrogen (secondary N) is 4. The number of amides is 4. The van der Waals surface area contributed by atoms with Crippen LogP contribution in [-0.2, 0) is 18.9 Å². The largest absolute Gasteiger partial charge is 0.439 e. The lowest BCUT2D eigenvalue weighted by Crippen LogP contribution is -2.19. The van der Waals surface area contributed by atoms with Gasteiger partial charge in [0.2, 0.25) is 0 Å². The molecular weight excluding hydrogens is 1280 g/mol. The molecular formula is C80H59BrN8O8. The van der Waals surface area contributed by atoms with Crippen molar-refractivity contribution in [3.05, 3.63) is 369 Å². The molecule has 4 aromatic heterocycles. The highest BCUT2D eigenvalue weighted by molar-refractivity contribution is 9.10. The van der Waals surface area contributed by atoms with Crippen molar-refractivity contribution < 1.29 is 38.1 Å². The van der Waals surface area contributed by atoms with Crippen molar-refractivity contribution >= 4 is 40.3 Å². The van der Waals surface area contributed by atoms with E-state index in [1.165, 1.54) is 0 Å². The molecule has 0 aliphatic carbocycles. The molecule has 8 heterocycles. The van der Waals surface area contributed by atoms with E-state index in [9.17, 15) is 19.2 Å². The van der Waals surface area contributed by atoms with Crippen LogP contribution in [-0.4, -0.2) is 44.3 Å². The van der Waals surface area contributed by atoms with Gasteiger partial charge >= 0.3 is 24.4 Å². The van der Waals surface area contributed by atoms with Gasteiger partial charge in [-0.15, -0.1) is 0 Å². The minimum atomic E-state index is -0.426. The van der Waals surface area contributed by atoms with Gasteiger partial charge in [-0.2, -0.15) is 0 Å². The predicted molar refractivity (Wildman–Crippen MR) is 368 cm³/mol. The van der Waals surface area contributed by atoms with Gasteiger partial charge in [-0.3, -0.25) is 19.9 Å². The molecule has 4 aliphatic rings. The van der Waals surface area contributed by atoms with Crippen LogP contribution in [0.1, 0.15) is 126 Å². The number of carbonyl (C=O) groups is 4. The summed E-state index contributed by atoms with van der Waals surface area (Å²) in [6.45, 7) is 0. The first-order valence-electron chi connectivity index (χ1n) is 30.9. The summed E-state index contributed by atoms with van der Waals surface area (Å²) in [4.78, 5) is 63.4. The summed E-state index contributed by atoms with van der Waals surface area (Å²) in [6.07, 6.45) is 10.4. The molecule has 97 heavy (non-hydrogen) atoms. The minimum absolute atomic E-state index is 0.200. The van der Waals surface area contributed by atoms with E-state index >= 15 is 0 Å². The van der Waals surface area contributed by atoms with Crippen LogP contribution >= 0.6 is 15.9 Å². The lowest BCUT2D eigenvalue weighted by molar-refractivity contribution is 0.131. The normalized spacial score (nSPS) is 19.1. The second-order valence-corrected chi connectivity index (χ2v) is 23.1. The number of hydrogen-bond donors (Lipinski definition) is 4. The van der Waals surface area contributed by atoms with Gasteiger partial charge in [-0.25, -0.2) is 19.2 Å². The van der Waals surface area contributed by atoms with Gasteiger partial charge in [0.1, 0.15) is 0 Å². The summed E-state index contributed by atoms with van der Waals surface area (Å²) in [6, 6.07) is 74.8. The van der Waals surface area contributed by atoms with E-state index in [1.807, 2.05) is 237 Å². The van der Waals surface area contributed by atoms with Crippen molar-refractivity contribution in [2.24, 2.45) is 0 Å². The number of aromatic nitrogens is 4. The Morgan fingerprint density at radius 3 is 0.763 bits per heavy atom. The second-order valence-electron chi connectivity index (χ2n) is 22.2. The van der Waals surface area contributed by atoms with Crippen LogP contribution in [0, 0.1) is 35.5 Å². The van der Waals surface area contributed by atoms with E-state index < -0.39 is 42.7 Å². The molecule has 15 rings (SSSR count). The fraction of sp³-hybridized carbons (Fsp3) is 0.100. The summed E-state index contributed by atoms with van der Waals surface area (Å²) < 4.78 is 22.7. The third-order valence-electron chi connectivity index (χ3n) is 15.6. The van der Waals surface area contributed by atoms with Gasteiger partial charge in [0.15, 0.2) is 24.4 Å². The average molecular weight is 1340 g/mol. The summed E-state index contributed by atoms with van der Waals surface area (Å²) in [5.74, 6) is 19.0. The van der Waals surface area contributed by atoms with Crippen molar-refractivity contribution in [2.75, 3.05) is 0 Å². The number of cyclic esters (lactones) is 4. The number of halogens is 1. The van der Waals surface area contributed by atoms with Gasteiger partial charge in [-0.1, -0.05) is 179 Å². The van der Waals surface area contributed by atoms with Crippen molar-refractivity contribution in [3.8, 4) is 35.5 Å². The first-order valence-corrected chi connectivity index (χ1v) is 31.7. The molecule has 4 fully saturated rings. The molecule has 0 saturated carbocycles. The van der Waals surface area contributed by atoms with E-state index in [-0.39, 0.29) is 30.3 Å². The zero-order chi connectivity index (χ0) is 66.6. The maximum Gasteiger partial charge on any atom is 0.408 e. The lowest BCUT2D eigenvalue weighted by Gasteiger charge is -2.17. The molecule has 16 nitrogen and oxygen atoms in total. The summed E-state index contributed by atoms with van der Waals surface area (Å²) in [7, 11) is 0. The maximum atomic E-state index is 11.8. The van der Waals surface area contributed by atoms with Crippen LogP contribution in [0.2, 0.25) is 0 Å². The molecule has 1 unspecified atom stereocenters. The molecule has 4 saturated heterocycles. The number of carbonyl (C=O) groups excluding carboxylic acids is 4. The fourth-order valence-corrected chi connectivity index (χ4v) is 11.5. The summed E-state index contributed by atoms with van der Waals surface area (Å²) >= 11 is 3.43. The Morgan fingerprint density at radius 2 is 0.505 bits per heavy atom. The molecule has 0 spiro atoms. The molecule has 11 aromatic rings. The number of hydrogen-bond acceptors (Lipinski definition) is 12. The Kier molecular flexibility index (Phi) is 21.1. The Labute approximate surface area is 569 Å². The minimum Gasteiger partial charge on any atom is -0.439 e. The van der Waals surface area contributed by atoms with E-state index in [1.54, 1.807) is 49.6 Å². The first kappa shape index (κ1) is 64.5. The Bertz CT molecular complexity index is 4330. The molecule has 0 bridgehead atoms. The topological polar surface area (TPSA) is 205 Å². The fourth-order valence-electron chi connectivity index (χ4n) is 11.1. The van der Waals surface area contributed by atoms with Crippen LogP contribution in [0.5, 0.6) is 0 Å². The highest BCUT2D eigenvalue weighted by Gasteiger charge is 2.40. The molecule has 4 aliphatic heterocycles. The van der Waals surface area contributed by atoms with E-state index in [2.05, 4.69) is 92.7 Å². The number of rotatable bonds is 8. The Morgan fingerprint density at radius 1 is 0.268 bits per heavy atom. The Hall–Kier alpha value is -12.6. The standard InChI is InChI=1S/3C22H16N2O2.C14H11BrN2O2/c3*25-22-24-20(21(26-22)19-10-5-13-23-15-19)18-9-4-8-17(14-18)12-11-16-6-2-1-3-7-16;15-11-5-1-3-9(7-11)12-13(19-14(18)17-12)10-4-2-6-16-8-10/h3*1-10,13-15,20-21H,(H,24,25);1-8,12-13H,(H,17,18)/t20?,21-;2*20-,21-;12-,13-/m0111/s1. The Balaban J connectivity index is 0.000000124. The van der Waals surface area contributed by atoms with Crippen LogP contribution in [0.3, 0.4) is 0 Å². The molecule has 8 atom stereocenters. The molecule has 474 valence electrons. The second kappa shape index (κ2) is 31.8. The zero-order valence-electron chi connectivity index (χ0n) is 51.7. The van der Waals surface area contributed by atoms with Gasteiger partial charge in [0, 0.05) is 110 Å². The SMILES string of the molecule is O=C1NC(c2cccc(C#Cc3ccccc3)c2)[C@H](c2cccnc2)O1.O=C1N[C@H](c2cccc(Br)c2)[C@@H](c2cccnc2)O1.O=C1N[C@H](c2cccc(C#Cc3ccccc3)c2)[C@@H](c2cccnc2)O1.O=C1N[C@H](c2cccc(C#Cc3ccccc3)c2)[C@@H](c2cccnc2)O1. The van der Waals surface area contributed by atoms with Gasteiger partial charge in [0.05, 0.1) is 24.2 Å². The number of nitrogens with zero attached hydrogens (tertiary/aromatic N) is 4. The highest BCUT2D eigenvalue weighted by atomic mass is 79.9. The van der Waals surface area contributed by atoms with Crippen molar-refractivity contribution in [1.29, 1.82) is 0 Å². The van der Waals surface area contributed by atoms with Crippen molar-refractivity contribution in [3.63, 3.8) is 0 Å².